The van der Waals surface area contributed by atoms with E-state index in [4.69, 9.17) is 18.0 Å². The van der Waals surface area contributed by atoms with Crippen LogP contribution in [0.3, 0.4) is 0 Å². The summed E-state index contributed by atoms with van der Waals surface area (Å²) in [5, 5.41) is 5.55. The van der Waals surface area contributed by atoms with Crippen LogP contribution in [0.25, 0.3) is 0 Å². The molecule has 0 aliphatic heterocycles. The van der Waals surface area contributed by atoms with Gasteiger partial charge in [-0.3, -0.25) is 0 Å². The summed E-state index contributed by atoms with van der Waals surface area (Å²) in [5.41, 5.74) is 1.27. The molecule has 1 nitrogen and oxygen atoms in total. The minimum atomic E-state index is 0.375. The number of terminal acetylenes is 1. The van der Waals surface area contributed by atoms with Crippen LogP contribution in [0.5, 0.6) is 0 Å². The van der Waals surface area contributed by atoms with Crippen molar-refractivity contribution in [3.8, 4) is 12.3 Å². The van der Waals surface area contributed by atoms with Gasteiger partial charge in [-0.25, -0.2) is 0 Å². The van der Waals surface area contributed by atoms with Crippen LogP contribution in [0.2, 0.25) is 4.34 Å². The van der Waals surface area contributed by atoms with Crippen molar-refractivity contribution in [3.63, 3.8) is 0 Å². The van der Waals surface area contributed by atoms with Crippen molar-refractivity contribution in [1.29, 1.82) is 0 Å². The van der Waals surface area contributed by atoms with Gasteiger partial charge in [0.05, 0.1) is 4.34 Å². The first-order valence-corrected chi connectivity index (χ1v) is 6.40. The molecule has 3 heteroatoms. The van der Waals surface area contributed by atoms with E-state index in [0.29, 0.717) is 6.04 Å². The third kappa shape index (κ3) is 4.70. The maximum Gasteiger partial charge on any atom is 0.0931 e. The topological polar surface area (TPSA) is 12.0 Å². The van der Waals surface area contributed by atoms with Gasteiger partial charge in [-0.1, -0.05) is 11.6 Å². The van der Waals surface area contributed by atoms with Crippen LogP contribution >= 0.6 is 22.9 Å². The molecular formula is C12H16ClNS. The number of unbranched alkanes of at least 4 members (excludes halogenated alkanes) is 2. The van der Waals surface area contributed by atoms with Gasteiger partial charge >= 0.3 is 0 Å². The highest BCUT2D eigenvalue weighted by Gasteiger charge is 2.05. The Morgan fingerprint density at radius 3 is 3.00 bits per heavy atom. The lowest BCUT2D eigenvalue weighted by molar-refractivity contribution is 0.550. The molecule has 1 atom stereocenters. The molecule has 0 saturated heterocycles. The highest BCUT2D eigenvalue weighted by molar-refractivity contribution is 7.14. The molecule has 82 valence electrons. The molecule has 0 radical (unpaired) electrons. The van der Waals surface area contributed by atoms with Crippen LogP contribution in [0, 0.1) is 12.3 Å². The van der Waals surface area contributed by atoms with Gasteiger partial charge in [0.1, 0.15) is 0 Å². The second kappa shape index (κ2) is 6.90. The second-order valence-corrected chi connectivity index (χ2v) is 5.06. The Morgan fingerprint density at radius 1 is 1.60 bits per heavy atom. The van der Waals surface area contributed by atoms with Gasteiger partial charge in [0.25, 0.3) is 0 Å². The summed E-state index contributed by atoms with van der Waals surface area (Å²) < 4.78 is 0.853. The molecule has 0 aliphatic carbocycles. The fourth-order valence-corrected chi connectivity index (χ4v) is 2.32. The Labute approximate surface area is 101 Å². The Balaban J connectivity index is 2.19. The summed E-state index contributed by atoms with van der Waals surface area (Å²) in [6.07, 6.45) is 8.29. The monoisotopic (exact) mass is 241 g/mol. The third-order valence-corrected chi connectivity index (χ3v) is 3.40. The lowest BCUT2D eigenvalue weighted by Gasteiger charge is -2.11. The van der Waals surface area contributed by atoms with Crippen LogP contribution in [0.1, 0.15) is 37.8 Å². The number of nitrogens with one attached hydrogen (secondary N) is 1. The van der Waals surface area contributed by atoms with E-state index in [0.717, 1.165) is 30.1 Å². The summed E-state index contributed by atoms with van der Waals surface area (Å²) in [5.74, 6) is 2.65. The number of hydrogen-bond donors (Lipinski definition) is 1. The van der Waals surface area contributed by atoms with Crippen molar-refractivity contribution in [2.75, 3.05) is 6.54 Å². The molecule has 0 saturated carbocycles. The van der Waals surface area contributed by atoms with Crippen molar-refractivity contribution in [2.24, 2.45) is 0 Å². The predicted octanol–water partition coefficient (Wildman–Crippen LogP) is 3.86. The maximum absolute atomic E-state index is 5.88. The molecule has 15 heavy (non-hydrogen) atoms. The predicted molar refractivity (Wildman–Crippen MR) is 68.4 cm³/mol. The highest BCUT2D eigenvalue weighted by Crippen LogP contribution is 2.24. The zero-order valence-electron chi connectivity index (χ0n) is 8.92. The van der Waals surface area contributed by atoms with Gasteiger partial charge in [0, 0.05) is 12.5 Å². The lowest BCUT2D eigenvalue weighted by atomic mass is 10.1. The van der Waals surface area contributed by atoms with Gasteiger partial charge in [-0.15, -0.1) is 23.7 Å². The molecule has 0 spiro atoms. The Kier molecular flexibility index (Phi) is 5.78. The second-order valence-electron chi connectivity index (χ2n) is 3.52. The van der Waals surface area contributed by atoms with Gasteiger partial charge in [0.15, 0.2) is 0 Å². The molecule has 0 bridgehead atoms. The van der Waals surface area contributed by atoms with Crippen molar-refractivity contribution in [1.82, 2.24) is 5.32 Å². The summed E-state index contributed by atoms with van der Waals surface area (Å²) >= 11 is 7.45. The molecule has 1 unspecified atom stereocenters. The van der Waals surface area contributed by atoms with E-state index in [-0.39, 0.29) is 0 Å². The van der Waals surface area contributed by atoms with Crippen LogP contribution in [0.4, 0.5) is 0 Å². The molecule has 1 N–H and O–H groups in total. The first kappa shape index (κ1) is 12.6. The number of halogens is 1. The first-order valence-electron chi connectivity index (χ1n) is 5.15. The van der Waals surface area contributed by atoms with Crippen LogP contribution in [-0.4, -0.2) is 6.54 Å². The van der Waals surface area contributed by atoms with E-state index in [1.807, 2.05) is 6.07 Å². The maximum atomic E-state index is 5.88. The van der Waals surface area contributed by atoms with Gasteiger partial charge < -0.3 is 5.32 Å². The molecule has 0 aliphatic rings. The molecule has 0 amide bonds. The molecule has 1 aromatic rings. The zero-order valence-corrected chi connectivity index (χ0v) is 10.5. The smallest absolute Gasteiger partial charge is 0.0931 e. The normalized spacial score (nSPS) is 12.3. The van der Waals surface area contributed by atoms with Crippen molar-refractivity contribution in [3.05, 3.63) is 21.3 Å². The Bertz CT molecular complexity index is 327. The van der Waals surface area contributed by atoms with Crippen LogP contribution in [0.15, 0.2) is 11.4 Å². The number of hydrogen-bond acceptors (Lipinski definition) is 2. The van der Waals surface area contributed by atoms with E-state index < -0.39 is 0 Å². The largest absolute Gasteiger partial charge is 0.310 e. The van der Waals surface area contributed by atoms with Gasteiger partial charge in [0.2, 0.25) is 0 Å². The number of thiophene rings is 1. The fourth-order valence-electron chi connectivity index (χ4n) is 1.34. The highest BCUT2D eigenvalue weighted by atomic mass is 35.5. The lowest BCUT2D eigenvalue weighted by Crippen LogP contribution is -2.19. The SMILES string of the molecule is C#CCCCCNC(C)c1csc(Cl)c1. The molecular weight excluding hydrogens is 226 g/mol. The Morgan fingerprint density at radius 2 is 2.40 bits per heavy atom. The zero-order chi connectivity index (χ0) is 11.1. The summed E-state index contributed by atoms with van der Waals surface area (Å²) in [4.78, 5) is 0. The van der Waals surface area contributed by atoms with Gasteiger partial charge in [-0.05, 0) is 43.3 Å². The summed E-state index contributed by atoms with van der Waals surface area (Å²) in [7, 11) is 0. The van der Waals surface area contributed by atoms with E-state index in [1.54, 1.807) is 11.3 Å². The van der Waals surface area contributed by atoms with E-state index in [2.05, 4.69) is 23.5 Å². The fraction of sp³-hybridized carbons (Fsp3) is 0.500. The van der Waals surface area contributed by atoms with Crippen molar-refractivity contribution >= 4 is 22.9 Å². The standard InChI is InChI=1S/C12H16ClNS/c1-3-4-5-6-7-14-10(2)11-8-12(13)15-9-11/h1,8-10,14H,4-7H2,2H3. The minimum Gasteiger partial charge on any atom is -0.310 e. The average molecular weight is 242 g/mol. The number of rotatable bonds is 6. The quantitative estimate of drug-likeness (QED) is 0.589. The molecule has 0 aromatic carbocycles. The molecule has 1 aromatic heterocycles. The van der Waals surface area contributed by atoms with E-state index in [1.165, 1.54) is 5.56 Å². The Hall–Kier alpha value is -0.490. The van der Waals surface area contributed by atoms with Crippen molar-refractivity contribution < 1.29 is 0 Å². The molecule has 0 fully saturated rings. The average Bonchev–Trinajstić information content (AvgIpc) is 2.64. The van der Waals surface area contributed by atoms with E-state index >= 15 is 0 Å². The molecule has 1 rings (SSSR count). The van der Waals surface area contributed by atoms with Crippen LogP contribution < -0.4 is 5.32 Å². The van der Waals surface area contributed by atoms with Gasteiger partial charge in [-0.2, -0.15) is 0 Å². The first-order chi connectivity index (χ1) is 7.24. The summed E-state index contributed by atoms with van der Waals surface area (Å²) in [6.45, 7) is 3.16. The van der Waals surface area contributed by atoms with Crippen LogP contribution in [-0.2, 0) is 0 Å². The van der Waals surface area contributed by atoms with Crippen molar-refractivity contribution in [2.45, 2.75) is 32.2 Å². The molecule has 1 heterocycles. The summed E-state index contributed by atoms with van der Waals surface area (Å²) in [6, 6.07) is 2.39. The minimum absolute atomic E-state index is 0.375. The third-order valence-electron chi connectivity index (χ3n) is 2.29. The van der Waals surface area contributed by atoms with E-state index in [9.17, 15) is 0 Å².